The first-order valence-electron chi connectivity index (χ1n) is 8.67. The number of hydrogen-bond donors (Lipinski definition) is 1. The molecule has 0 radical (unpaired) electrons. The van der Waals surface area contributed by atoms with Crippen molar-refractivity contribution in [1.29, 1.82) is 0 Å². The molecule has 26 heavy (non-hydrogen) atoms. The summed E-state index contributed by atoms with van der Waals surface area (Å²) < 4.78 is 1.45. The largest absolute Gasteiger partial charge is 0.378 e. The molecule has 0 unspecified atom stereocenters. The Balaban J connectivity index is 2.30. The van der Waals surface area contributed by atoms with E-state index < -0.39 is 0 Å². The molecule has 0 aliphatic heterocycles. The van der Waals surface area contributed by atoms with Crippen molar-refractivity contribution in [2.24, 2.45) is 4.99 Å². The van der Waals surface area contributed by atoms with Crippen LogP contribution in [0, 0.1) is 13.8 Å². The van der Waals surface area contributed by atoms with Crippen LogP contribution in [0.3, 0.4) is 0 Å². The summed E-state index contributed by atoms with van der Waals surface area (Å²) in [4.78, 5) is 24.3. The third kappa shape index (κ3) is 2.92. The Morgan fingerprint density at radius 2 is 1.96 bits per heavy atom. The van der Waals surface area contributed by atoms with Gasteiger partial charge >= 0.3 is 0 Å². The summed E-state index contributed by atoms with van der Waals surface area (Å²) in [7, 11) is 4.01. The molecule has 2 aromatic heterocycles. The van der Waals surface area contributed by atoms with E-state index in [0.717, 1.165) is 22.6 Å². The molecule has 6 nitrogen and oxygen atoms in total. The molecule has 1 aromatic carbocycles. The Morgan fingerprint density at radius 1 is 1.27 bits per heavy atom. The van der Waals surface area contributed by atoms with Crippen molar-refractivity contribution >= 4 is 23.6 Å². The first kappa shape index (κ1) is 17.9. The number of fused-ring (bicyclic) bond motifs is 1. The highest BCUT2D eigenvalue weighted by atomic mass is 16.1. The average Bonchev–Trinajstić information content (AvgIpc) is 2.85. The van der Waals surface area contributed by atoms with E-state index in [9.17, 15) is 4.79 Å². The number of nitrogens with zero attached hydrogens (tertiary/aromatic N) is 4. The predicted molar refractivity (Wildman–Crippen MR) is 106 cm³/mol. The number of hydrogen-bond acceptors (Lipinski definition) is 4. The van der Waals surface area contributed by atoms with Crippen molar-refractivity contribution < 1.29 is 0 Å². The van der Waals surface area contributed by atoms with Gasteiger partial charge < -0.3 is 4.90 Å². The van der Waals surface area contributed by atoms with Gasteiger partial charge in [0.25, 0.3) is 5.56 Å². The maximum absolute atomic E-state index is 12.8. The van der Waals surface area contributed by atoms with Crippen LogP contribution in [0.15, 0.2) is 28.0 Å². The Hall–Kier alpha value is -2.89. The van der Waals surface area contributed by atoms with Crippen molar-refractivity contribution in [3.8, 4) is 0 Å². The van der Waals surface area contributed by atoms with E-state index in [1.807, 2.05) is 58.8 Å². The number of H-pyrrole nitrogens is 1. The molecule has 3 rings (SSSR count). The minimum absolute atomic E-state index is 0.0893. The van der Waals surface area contributed by atoms with Crippen LogP contribution in [-0.2, 0) is 0 Å². The number of aryl methyl sites for hydroxylation is 2. The lowest BCUT2D eigenvalue weighted by Crippen LogP contribution is -2.24. The summed E-state index contributed by atoms with van der Waals surface area (Å²) in [6, 6.07) is 6.07. The summed E-state index contributed by atoms with van der Waals surface area (Å²) in [6.45, 7) is 11.9. The molecule has 0 amide bonds. The Labute approximate surface area is 152 Å². The van der Waals surface area contributed by atoms with Crippen LogP contribution in [0.2, 0.25) is 0 Å². The minimum atomic E-state index is -0.0893. The number of aromatic amines is 1. The predicted octanol–water partition coefficient (Wildman–Crippen LogP) is 2.19. The summed E-state index contributed by atoms with van der Waals surface area (Å²) in [5.74, 6) is 0.102. The molecule has 0 atom stereocenters. The minimum Gasteiger partial charge on any atom is -0.378 e. The van der Waals surface area contributed by atoms with E-state index in [0.29, 0.717) is 21.9 Å². The van der Waals surface area contributed by atoms with Crippen LogP contribution in [0.25, 0.3) is 12.2 Å². The zero-order valence-corrected chi connectivity index (χ0v) is 16.2. The van der Waals surface area contributed by atoms with E-state index in [1.54, 1.807) is 0 Å². The normalized spacial score (nSPS) is 12.3. The summed E-state index contributed by atoms with van der Waals surface area (Å²) in [6.07, 6.45) is 0. The van der Waals surface area contributed by atoms with Crippen molar-refractivity contribution in [1.82, 2.24) is 14.6 Å². The zero-order chi connectivity index (χ0) is 19.2. The third-order valence-corrected chi connectivity index (χ3v) is 4.56. The maximum atomic E-state index is 12.8. The quantitative estimate of drug-likeness (QED) is 0.787. The second-order valence-corrected chi connectivity index (χ2v) is 7.15. The highest BCUT2D eigenvalue weighted by Crippen LogP contribution is 2.23. The number of anilines is 1. The molecule has 1 N–H and O–H groups in total. The van der Waals surface area contributed by atoms with Gasteiger partial charge in [-0.3, -0.25) is 9.89 Å². The van der Waals surface area contributed by atoms with Gasteiger partial charge in [-0.1, -0.05) is 20.4 Å². The van der Waals surface area contributed by atoms with Gasteiger partial charge in [-0.05, 0) is 43.5 Å². The number of rotatable bonds is 3. The van der Waals surface area contributed by atoms with Crippen LogP contribution in [0.5, 0.6) is 0 Å². The smallest absolute Gasteiger partial charge is 0.276 e. The Bertz CT molecular complexity index is 1150. The van der Waals surface area contributed by atoms with Gasteiger partial charge in [-0.25, -0.2) is 9.98 Å². The van der Waals surface area contributed by atoms with E-state index in [2.05, 4.69) is 22.7 Å². The highest BCUT2D eigenvalue weighted by molar-refractivity contribution is 5.57. The lowest BCUT2D eigenvalue weighted by atomic mass is 10.0. The third-order valence-electron chi connectivity index (χ3n) is 4.56. The highest BCUT2D eigenvalue weighted by Gasteiger charge is 2.15. The fourth-order valence-electron chi connectivity index (χ4n) is 3.17. The SMILES string of the molecule is C=c1[nH]n2c(=O)c(C(C)C)c(C)nc2c1=Nc1ccc(N(C)C)cc1C. The van der Waals surface area contributed by atoms with Crippen molar-refractivity contribution in [2.75, 3.05) is 19.0 Å². The van der Waals surface area contributed by atoms with Crippen LogP contribution in [0.1, 0.15) is 36.6 Å². The zero-order valence-electron chi connectivity index (χ0n) is 16.2. The molecule has 3 aromatic rings. The van der Waals surface area contributed by atoms with Crippen molar-refractivity contribution in [2.45, 2.75) is 33.6 Å². The standard InChI is InChI=1S/C20H25N5O/c1-11(2)17-13(4)21-19-18(14(5)23-25(19)20(17)26)22-16-9-8-15(24(6)7)10-12(16)3/h8-11,23H,5H2,1-4,6-7H3. The molecular weight excluding hydrogens is 326 g/mol. The van der Waals surface area contributed by atoms with E-state index in [4.69, 9.17) is 4.99 Å². The van der Waals surface area contributed by atoms with Crippen LogP contribution >= 0.6 is 0 Å². The van der Waals surface area contributed by atoms with E-state index in [1.165, 1.54) is 4.52 Å². The fourth-order valence-corrected chi connectivity index (χ4v) is 3.17. The monoisotopic (exact) mass is 351 g/mol. The molecule has 0 spiro atoms. The molecule has 136 valence electrons. The maximum Gasteiger partial charge on any atom is 0.276 e. The Kier molecular flexibility index (Phi) is 4.44. The van der Waals surface area contributed by atoms with Crippen LogP contribution < -0.4 is 21.2 Å². The van der Waals surface area contributed by atoms with Gasteiger partial charge in [0.2, 0.25) is 0 Å². The number of aromatic nitrogens is 3. The topological polar surface area (TPSA) is 65.8 Å². The first-order chi connectivity index (χ1) is 12.2. The van der Waals surface area contributed by atoms with Crippen molar-refractivity contribution in [3.05, 3.63) is 56.1 Å². The summed E-state index contributed by atoms with van der Waals surface area (Å²) >= 11 is 0. The summed E-state index contributed by atoms with van der Waals surface area (Å²) in [5, 5.41) is 4.19. The molecule has 0 saturated heterocycles. The first-order valence-corrected chi connectivity index (χ1v) is 8.67. The second-order valence-electron chi connectivity index (χ2n) is 7.15. The van der Waals surface area contributed by atoms with Crippen LogP contribution in [-0.4, -0.2) is 28.7 Å². The van der Waals surface area contributed by atoms with E-state index >= 15 is 0 Å². The average molecular weight is 351 g/mol. The lowest BCUT2D eigenvalue weighted by Gasteiger charge is -2.13. The van der Waals surface area contributed by atoms with E-state index in [-0.39, 0.29) is 11.5 Å². The van der Waals surface area contributed by atoms with Gasteiger partial charge in [-0.2, -0.15) is 4.52 Å². The molecular formula is C20H25N5O. The molecule has 6 heteroatoms. The van der Waals surface area contributed by atoms with Crippen LogP contribution in [0.4, 0.5) is 11.4 Å². The second kappa shape index (κ2) is 6.44. The molecule has 0 fully saturated rings. The lowest BCUT2D eigenvalue weighted by molar-refractivity contribution is 0.777. The molecule has 2 heterocycles. The van der Waals surface area contributed by atoms with Gasteiger partial charge in [-0.15, -0.1) is 0 Å². The molecule has 0 bridgehead atoms. The van der Waals surface area contributed by atoms with Gasteiger partial charge in [0.1, 0.15) is 5.36 Å². The fraction of sp³-hybridized carbons (Fsp3) is 0.350. The number of benzene rings is 1. The molecule has 0 aliphatic carbocycles. The van der Waals surface area contributed by atoms with Gasteiger partial charge in [0.05, 0.1) is 11.0 Å². The van der Waals surface area contributed by atoms with Gasteiger partial charge in [0, 0.05) is 31.0 Å². The van der Waals surface area contributed by atoms with Gasteiger partial charge in [0.15, 0.2) is 5.65 Å². The molecule has 0 aliphatic rings. The number of nitrogens with one attached hydrogen (secondary N) is 1. The Morgan fingerprint density at radius 3 is 2.54 bits per heavy atom. The molecule has 0 saturated carbocycles. The summed E-state index contributed by atoms with van der Waals surface area (Å²) in [5.41, 5.74) is 4.87. The van der Waals surface area contributed by atoms with Crippen molar-refractivity contribution in [3.63, 3.8) is 0 Å².